The molecule has 0 aliphatic heterocycles. The maximum atomic E-state index is 11.7. The van der Waals surface area contributed by atoms with E-state index in [-0.39, 0.29) is 12.4 Å². The molecule has 0 aromatic rings. The van der Waals surface area contributed by atoms with Gasteiger partial charge in [-0.1, -0.05) is 0 Å². The summed E-state index contributed by atoms with van der Waals surface area (Å²) in [4.78, 5) is 11.7. The van der Waals surface area contributed by atoms with Gasteiger partial charge in [-0.05, 0) is 0 Å². The molecular formula is C12H27O5P. The molecule has 0 fully saturated rings. The normalized spacial score (nSPS) is 13.9. The molecule has 0 aliphatic rings. The van der Waals surface area contributed by atoms with Crippen molar-refractivity contribution in [3.05, 3.63) is 0 Å². The van der Waals surface area contributed by atoms with E-state index < -0.39 is 6.83 Å². The Balaban J connectivity index is 3.91. The van der Waals surface area contributed by atoms with Crippen LogP contribution in [0.4, 0.5) is 0 Å². The van der Waals surface area contributed by atoms with Gasteiger partial charge in [-0.25, -0.2) is 0 Å². The number of hydrogen-bond donors (Lipinski definition) is 0. The van der Waals surface area contributed by atoms with Gasteiger partial charge in [0.1, 0.15) is 0 Å². The van der Waals surface area contributed by atoms with Gasteiger partial charge in [0.2, 0.25) is 0 Å². The zero-order chi connectivity index (χ0) is 14.1. The average molecular weight is 282 g/mol. The van der Waals surface area contributed by atoms with E-state index in [9.17, 15) is 4.79 Å². The Morgan fingerprint density at radius 1 is 0.944 bits per heavy atom. The number of methoxy groups -OCH3 is 2. The first-order valence-corrected chi connectivity index (χ1v) is 9.75. The monoisotopic (exact) mass is 282 g/mol. The van der Waals surface area contributed by atoms with Crippen LogP contribution in [-0.2, 0) is 23.5 Å². The van der Waals surface area contributed by atoms with Gasteiger partial charge in [0.25, 0.3) is 0 Å². The average Bonchev–Trinajstić information content (AvgIpc) is 2.25. The van der Waals surface area contributed by atoms with Crippen LogP contribution in [-0.4, -0.2) is 72.8 Å². The Morgan fingerprint density at radius 3 is 2.11 bits per heavy atom. The Hall–Kier alpha value is -0.220. The zero-order valence-electron chi connectivity index (χ0n) is 12.2. The van der Waals surface area contributed by atoms with Crippen LogP contribution >= 0.6 is 6.83 Å². The van der Waals surface area contributed by atoms with Crippen molar-refractivity contribution in [1.29, 1.82) is 0 Å². The molecule has 0 unspecified atom stereocenters. The molecule has 0 spiro atoms. The Morgan fingerprint density at radius 2 is 1.56 bits per heavy atom. The van der Waals surface area contributed by atoms with E-state index in [1.54, 1.807) is 14.2 Å². The van der Waals surface area contributed by atoms with E-state index in [0.29, 0.717) is 26.4 Å². The van der Waals surface area contributed by atoms with Gasteiger partial charge in [0.05, 0.1) is 0 Å². The predicted octanol–water partition coefficient (Wildman–Crippen LogP) is 1.59. The Labute approximate surface area is 110 Å². The van der Waals surface area contributed by atoms with Gasteiger partial charge < -0.3 is 0 Å². The SMILES string of the molecule is COCCOCCC(=O)OP(C)(C)(C)CCOC. The first-order chi connectivity index (χ1) is 8.28. The van der Waals surface area contributed by atoms with Crippen LogP contribution in [0.15, 0.2) is 0 Å². The van der Waals surface area contributed by atoms with Gasteiger partial charge in [-0.2, -0.15) is 0 Å². The fourth-order valence-corrected chi connectivity index (χ4v) is 3.01. The molecule has 6 heteroatoms. The summed E-state index contributed by atoms with van der Waals surface area (Å²) in [6, 6.07) is 0. The number of carbonyl (C=O) groups excluding carboxylic acids is 1. The minimum atomic E-state index is -2.39. The topological polar surface area (TPSA) is 54.0 Å². The van der Waals surface area contributed by atoms with Crippen LogP contribution in [0.3, 0.4) is 0 Å². The van der Waals surface area contributed by atoms with E-state index in [1.165, 1.54) is 0 Å². The minimum absolute atomic E-state index is 0.200. The molecule has 0 rings (SSSR count). The van der Waals surface area contributed by atoms with Gasteiger partial charge in [0.15, 0.2) is 0 Å². The van der Waals surface area contributed by atoms with E-state index in [2.05, 4.69) is 0 Å². The van der Waals surface area contributed by atoms with Crippen molar-refractivity contribution in [2.24, 2.45) is 0 Å². The second-order valence-corrected chi connectivity index (χ2v) is 12.1. The molecule has 5 nitrogen and oxygen atoms in total. The molecule has 18 heavy (non-hydrogen) atoms. The zero-order valence-corrected chi connectivity index (χ0v) is 13.1. The molecule has 0 heterocycles. The van der Waals surface area contributed by atoms with Crippen LogP contribution in [0.2, 0.25) is 0 Å². The summed E-state index contributed by atoms with van der Waals surface area (Å²) in [5.74, 6) is -0.200. The third-order valence-electron chi connectivity index (χ3n) is 2.38. The van der Waals surface area contributed by atoms with Crippen molar-refractivity contribution in [3.63, 3.8) is 0 Å². The fourth-order valence-electron chi connectivity index (χ4n) is 1.27. The first kappa shape index (κ1) is 17.8. The molecule has 0 aromatic carbocycles. The first-order valence-electron chi connectivity index (χ1n) is 6.07. The summed E-state index contributed by atoms with van der Waals surface area (Å²) >= 11 is 0. The third-order valence-corrected chi connectivity index (χ3v) is 4.97. The van der Waals surface area contributed by atoms with Crippen LogP contribution in [0, 0.1) is 0 Å². The second kappa shape index (κ2) is 8.05. The number of carbonyl (C=O) groups is 1. The van der Waals surface area contributed by atoms with Crippen molar-refractivity contribution in [2.75, 3.05) is 66.8 Å². The molecule has 0 radical (unpaired) electrons. The standard InChI is InChI=1S/C12H27O5P/c1-14-8-9-16-7-6-12(13)17-18(3,4,5)11-10-15-2/h6-11H2,1-5H3. The number of ether oxygens (including phenoxy) is 3. The fraction of sp³-hybridized carbons (Fsp3) is 0.917. The molecule has 0 bridgehead atoms. The summed E-state index contributed by atoms with van der Waals surface area (Å²) in [5, 5.41) is 0. The van der Waals surface area contributed by atoms with Crippen LogP contribution in [0.5, 0.6) is 0 Å². The molecule has 0 N–H and O–H groups in total. The molecule has 0 saturated carbocycles. The van der Waals surface area contributed by atoms with Gasteiger partial charge >= 0.3 is 110 Å². The summed E-state index contributed by atoms with van der Waals surface area (Å²) in [7, 11) is 3.26. The van der Waals surface area contributed by atoms with E-state index in [1.807, 2.05) is 20.0 Å². The van der Waals surface area contributed by atoms with Crippen molar-refractivity contribution < 1.29 is 23.5 Å². The molecular weight excluding hydrogens is 255 g/mol. The molecule has 110 valence electrons. The second-order valence-electron chi connectivity index (χ2n) is 5.50. The van der Waals surface area contributed by atoms with E-state index in [4.69, 9.17) is 18.7 Å². The Bertz CT molecular complexity index is 247. The summed E-state index contributed by atoms with van der Waals surface area (Å²) in [6.07, 6.45) is 1.06. The Kier molecular flexibility index (Phi) is 7.95. The summed E-state index contributed by atoms with van der Waals surface area (Å²) in [6.45, 7) is 5.71. The van der Waals surface area contributed by atoms with Crippen LogP contribution < -0.4 is 0 Å². The summed E-state index contributed by atoms with van der Waals surface area (Å²) in [5.41, 5.74) is 0. The molecule has 0 amide bonds. The number of rotatable bonds is 10. The maximum absolute atomic E-state index is 11.7. The molecule has 0 aliphatic carbocycles. The predicted molar refractivity (Wildman–Crippen MR) is 74.8 cm³/mol. The van der Waals surface area contributed by atoms with Gasteiger partial charge in [0, 0.05) is 0 Å². The van der Waals surface area contributed by atoms with Gasteiger partial charge in [-0.15, -0.1) is 0 Å². The summed E-state index contributed by atoms with van der Waals surface area (Å²) < 4.78 is 20.8. The molecule has 0 atom stereocenters. The molecule has 0 aromatic heterocycles. The van der Waals surface area contributed by atoms with Crippen LogP contribution in [0.1, 0.15) is 6.42 Å². The van der Waals surface area contributed by atoms with Crippen molar-refractivity contribution in [3.8, 4) is 0 Å². The van der Waals surface area contributed by atoms with Crippen molar-refractivity contribution in [2.45, 2.75) is 6.42 Å². The van der Waals surface area contributed by atoms with Crippen molar-refractivity contribution in [1.82, 2.24) is 0 Å². The van der Waals surface area contributed by atoms with E-state index >= 15 is 0 Å². The van der Waals surface area contributed by atoms with Crippen molar-refractivity contribution >= 4 is 12.8 Å². The molecule has 0 saturated heterocycles. The van der Waals surface area contributed by atoms with Gasteiger partial charge in [-0.3, -0.25) is 0 Å². The number of hydrogen-bond acceptors (Lipinski definition) is 5. The van der Waals surface area contributed by atoms with Crippen LogP contribution in [0.25, 0.3) is 0 Å². The third kappa shape index (κ3) is 9.77. The quantitative estimate of drug-likeness (QED) is 0.450. The van der Waals surface area contributed by atoms with E-state index in [0.717, 1.165) is 6.16 Å².